The summed E-state index contributed by atoms with van der Waals surface area (Å²) in [6.45, 7) is 5.88. The summed E-state index contributed by atoms with van der Waals surface area (Å²) in [5, 5.41) is 10.2. The number of benzene rings is 3. The van der Waals surface area contributed by atoms with Gasteiger partial charge in [-0.3, -0.25) is 9.59 Å². The minimum Gasteiger partial charge on any atom is -0.508 e. The molecule has 0 saturated carbocycles. The molecule has 0 aromatic heterocycles. The van der Waals surface area contributed by atoms with Crippen LogP contribution < -0.4 is 0 Å². The highest BCUT2D eigenvalue weighted by Gasteiger charge is 2.59. The molecule has 2 aliphatic rings. The van der Waals surface area contributed by atoms with Gasteiger partial charge in [-0.25, -0.2) is 0 Å². The third-order valence-electron chi connectivity index (χ3n) is 7.32. The third kappa shape index (κ3) is 3.19. The average Bonchev–Trinajstić information content (AvgIpc) is 2.88. The number of carbonyl (C=O) groups is 2. The highest BCUT2D eigenvalue weighted by Crippen LogP contribution is 2.57. The maximum atomic E-state index is 14.3. The van der Waals surface area contributed by atoms with Crippen LogP contribution >= 0.6 is 0 Å². The molecule has 0 bridgehead atoms. The molecule has 0 heterocycles. The van der Waals surface area contributed by atoms with Gasteiger partial charge in [0.25, 0.3) is 0 Å². The van der Waals surface area contributed by atoms with Crippen molar-refractivity contribution in [3.8, 4) is 5.75 Å². The van der Waals surface area contributed by atoms with E-state index in [1.807, 2.05) is 85.8 Å². The van der Waals surface area contributed by atoms with Crippen molar-refractivity contribution in [2.75, 3.05) is 0 Å². The summed E-state index contributed by atoms with van der Waals surface area (Å²) in [5.74, 6) is -0.855. The quantitative estimate of drug-likeness (QED) is 0.528. The van der Waals surface area contributed by atoms with Crippen molar-refractivity contribution >= 4 is 17.1 Å². The maximum absolute atomic E-state index is 14.3. The number of hydrogen-bond acceptors (Lipinski definition) is 3. The molecule has 3 atom stereocenters. The molecule has 0 spiro atoms. The van der Waals surface area contributed by atoms with Crippen molar-refractivity contribution in [1.82, 2.24) is 0 Å². The molecule has 34 heavy (non-hydrogen) atoms. The molecule has 0 unspecified atom stereocenters. The fraction of sp³-hybridized carbons (Fsp3) is 0.161. The van der Waals surface area contributed by atoms with Crippen LogP contribution in [0.1, 0.15) is 34.6 Å². The topological polar surface area (TPSA) is 54.4 Å². The molecule has 0 saturated heterocycles. The van der Waals surface area contributed by atoms with Gasteiger partial charge in [0.2, 0.25) is 0 Å². The van der Waals surface area contributed by atoms with Gasteiger partial charge in [0.05, 0.1) is 5.41 Å². The molecule has 168 valence electrons. The summed E-state index contributed by atoms with van der Waals surface area (Å²) in [4.78, 5) is 28.4. The van der Waals surface area contributed by atoms with E-state index >= 15 is 0 Å². The van der Waals surface area contributed by atoms with Crippen molar-refractivity contribution in [3.05, 3.63) is 131 Å². The number of fused-ring (bicyclic) bond motifs is 1. The van der Waals surface area contributed by atoms with Crippen molar-refractivity contribution in [2.24, 2.45) is 5.92 Å². The number of allylic oxidation sites excluding steroid dienone is 5. The first kappa shape index (κ1) is 21.8. The zero-order valence-electron chi connectivity index (χ0n) is 19.1. The highest BCUT2D eigenvalue weighted by atomic mass is 16.3. The first-order valence-electron chi connectivity index (χ1n) is 11.5. The summed E-state index contributed by atoms with van der Waals surface area (Å²) in [6.07, 6.45) is 5.85. The Labute approximate surface area is 199 Å². The van der Waals surface area contributed by atoms with E-state index in [1.165, 1.54) is 0 Å². The molecule has 2 aliphatic carbocycles. The van der Waals surface area contributed by atoms with Crippen LogP contribution in [-0.4, -0.2) is 16.7 Å². The predicted octanol–water partition coefficient (Wildman–Crippen LogP) is 6.09. The zero-order chi connectivity index (χ0) is 23.9. The van der Waals surface area contributed by atoms with Gasteiger partial charge in [0, 0.05) is 17.4 Å². The molecule has 5 rings (SSSR count). The van der Waals surface area contributed by atoms with Crippen LogP contribution in [0.5, 0.6) is 5.75 Å². The zero-order valence-corrected chi connectivity index (χ0v) is 19.1. The van der Waals surface area contributed by atoms with Crippen molar-refractivity contribution < 1.29 is 14.7 Å². The van der Waals surface area contributed by atoms with Gasteiger partial charge >= 0.3 is 0 Å². The normalized spacial score (nSPS) is 24.1. The molecule has 0 aliphatic heterocycles. The van der Waals surface area contributed by atoms with Gasteiger partial charge in [-0.1, -0.05) is 91.5 Å². The van der Waals surface area contributed by atoms with Gasteiger partial charge < -0.3 is 5.11 Å². The molecule has 0 fully saturated rings. The minimum atomic E-state index is -1.10. The largest absolute Gasteiger partial charge is 0.508 e. The number of carbonyl (C=O) groups excluding carboxylic acids is 2. The highest BCUT2D eigenvalue weighted by molar-refractivity contribution is 6.31. The maximum Gasteiger partial charge on any atom is 0.168 e. The van der Waals surface area contributed by atoms with E-state index in [-0.39, 0.29) is 17.3 Å². The monoisotopic (exact) mass is 446 g/mol. The Bertz CT molecular complexity index is 1350. The van der Waals surface area contributed by atoms with Crippen LogP contribution in [0, 0.1) is 12.8 Å². The predicted molar refractivity (Wildman–Crippen MR) is 135 cm³/mol. The molecular formula is C31H26O3. The van der Waals surface area contributed by atoms with Crippen LogP contribution in [0.4, 0.5) is 0 Å². The summed E-state index contributed by atoms with van der Waals surface area (Å²) in [7, 11) is 0. The van der Waals surface area contributed by atoms with Crippen LogP contribution in [-0.2, 0) is 15.0 Å². The number of phenolic OH excluding ortho intramolecular Hbond substituents is 1. The van der Waals surface area contributed by atoms with E-state index in [4.69, 9.17) is 0 Å². The summed E-state index contributed by atoms with van der Waals surface area (Å²) < 4.78 is 0. The lowest BCUT2D eigenvalue weighted by Gasteiger charge is -2.49. The van der Waals surface area contributed by atoms with Crippen LogP contribution in [0.2, 0.25) is 0 Å². The van der Waals surface area contributed by atoms with Crippen LogP contribution in [0.25, 0.3) is 5.57 Å². The summed E-state index contributed by atoms with van der Waals surface area (Å²) in [5.41, 5.74) is 3.48. The fourth-order valence-electron chi connectivity index (χ4n) is 5.74. The minimum absolute atomic E-state index is 0.0190. The summed E-state index contributed by atoms with van der Waals surface area (Å²) in [6, 6.07) is 24.5. The number of hydrogen-bond donors (Lipinski definition) is 1. The smallest absolute Gasteiger partial charge is 0.168 e. The lowest BCUT2D eigenvalue weighted by molar-refractivity contribution is -0.131. The van der Waals surface area contributed by atoms with Crippen molar-refractivity contribution in [3.63, 3.8) is 0 Å². The number of Topliss-reactive ketones (excluding diaryl/α,β-unsaturated/α-hetero) is 1. The van der Waals surface area contributed by atoms with Gasteiger partial charge in [-0.05, 0) is 53.3 Å². The van der Waals surface area contributed by atoms with E-state index in [0.717, 1.165) is 27.8 Å². The second-order valence-corrected chi connectivity index (χ2v) is 9.06. The number of aryl methyl sites for hydroxylation is 1. The van der Waals surface area contributed by atoms with Crippen molar-refractivity contribution in [2.45, 2.75) is 24.7 Å². The Hall–Kier alpha value is -3.98. The van der Waals surface area contributed by atoms with Crippen molar-refractivity contribution in [1.29, 1.82) is 0 Å². The first-order valence-corrected chi connectivity index (χ1v) is 11.5. The van der Waals surface area contributed by atoms with Crippen LogP contribution in [0.3, 0.4) is 0 Å². The molecule has 3 nitrogen and oxygen atoms in total. The Balaban J connectivity index is 1.82. The van der Waals surface area contributed by atoms with E-state index in [0.29, 0.717) is 12.0 Å². The molecule has 3 aromatic carbocycles. The molecule has 0 amide bonds. The number of aromatic hydroxyl groups is 1. The Morgan fingerprint density at radius 1 is 0.971 bits per heavy atom. The van der Waals surface area contributed by atoms with Gasteiger partial charge in [0.15, 0.2) is 11.6 Å². The average molecular weight is 447 g/mol. The molecule has 0 radical (unpaired) electrons. The summed E-state index contributed by atoms with van der Waals surface area (Å²) >= 11 is 0. The molecule has 1 N–H and O–H groups in total. The second kappa shape index (κ2) is 8.42. The Morgan fingerprint density at radius 2 is 1.65 bits per heavy atom. The fourth-order valence-corrected chi connectivity index (χ4v) is 5.74. The van der Waals surface area contributed by atoms with E-state index < -0.39 is 17.3 Å². The SMILES string of the molecule is C=CC1=CC[C@H]2C(=O)C(c3ccccc3)=CC(=O)[C@@]2(c2ccccc2)[C@H]1c1ccc(O)c(C)c1. The van der Waals surface area contributed by atoms with E-state index in [9.17, 15) is 14.7 Å². The standard InChI is InChI=1S/C31H26O3/c1-3-21-14-16-26-30(34)25(22-10-6-4-7-11-22)19-28(33)31(26,24-12-8-5-9-13-24)29(21)23-15-17-27(32)20(2)18-23/h3-15,17-19,26,29,32H,1,16H2,2H3/t26-,29+,31-/m0/s1. The molecule has 3 aromatic rings. The van der Waals surface area contributed by atoms with Gasteiger partial charge in [0.1, 0.15) is 5.75 Å². The van der Waals surface area contributed by atoms with E-state index in [1.54, 1.807) is 18.2 Å². The van der Waals surface area contributed by atoms with Crippen LogP contribution in [0.15, 0.2) is 109 Å². The molecule has 3 heteroatoms. The third-order valence-corrected chi connectivity index (χ3v) is 7.32. The first-order chi connectivity index (χ1) is 16.5. The van der Waals surface area contributed by atoms with Gasteiger partial charge in [-0.15, -0.1) is 0 Å². The number of rotatable bonds is 4. The van der Waals surface area contributed by atoms with E-state index in [2.05, 4.69) is 6.58 Å². The molecular weight excluding hydrogens is 420 g/mol. The Morgan fingerprint density at radius 3 is 2.29 bits per heavy atom. The second-order valence-electron chi connectivity index (χ2n) is 9.06. The Kier molecular flexibility index (Phi) is 5.41. The lowest BCUT2D eigenvalue weighted by atomic mass is 9.50. The van der Waals surface area contributed by atoms with Gasteiger partial charge in [-0.2, -0.15) is 0 Å². The number of ketones is 2. The lowest BCUT2D eigenvalue weighted by Crippen LogP contribution is -2.54. The number of phenols is 1.